The van der Waals surface area contributed by atoms with Crippen molar-refractivity contribution in [3.8, 4) is 17.6 Å². The van der Waals surface area contributed by atoms with Gasteiger partial charge in [0.1, 0.15) is 5.54 Å². The van der Waals surface area contributed by atoms with Crippen LogP contribution in [-0.4, -0.2) is 31.7 Å². The van der Waals surface area contributed by atoms with Gasteiger partial charge in [-0.15, -0.1) is 0 Å². The number of ether oxygens (including phenoxy) is 2. The molecule has 0 aliphatic carbocycles. The zero-order valence-electron chi connectivity index (χ0n) is 12.0. The van der Waals surface area contributed by atoms with Gasteiger partial charge in [-0.3, -0.25) is 10.7 Å². The van der Waals surface area contributed by atoms with Crippen LogP contribution in [0.4, 0.5) is 0 Å². The molecule has 2 rings (SSSR count). The van der Waals surface area contributed by atoms with Crippen LogP contribution in [-0.2, 0) is 12.0 Å². The highest BCUT2D eigenvalue weighted by molar-refractivity contribution is 8.13. The van der Waals surface area contributed by atoms with Gasteiger partial charge in [-0.1, -0.05) is 11.8 Å². The molecule has 1 aromatic carbocycles. The van der Waals surface area contributed by atoms with E-state index in [9.17, 15) is 5.26 Å². The lowest BCUT2D eigenvalue weighted by atomic mass is 9.84. The van der Waals surface area contributed by atoms with E-state index >= 15 is 0 Å². The van der Waals surface area contributed by atoms with Crippen molar-refractivity contribution < 1.29 is 9.47 Å². The van der Waals surface area contributed by atoms with Crippen LogP contribution in [0, 0.1) is 16.7 Å². The summed E-state index contributed by atoms with van der Waals surface area (Å²) in [6.07, 6.45) is 0.809. The molecule has 1 heterocycles. The van der Waals surface area contributed by atoms with Crippen LogP contribution in [0.3, 0.4) is 0 Å². The Hall–Kier alpha value is -1.91. The van der Waals surface area contributed by atoms with Crippen LogP contribution in [0.15, 0.2) is 12.1 Å². The van der Waals surface area contributed by atoms with Crippen molar-refractivity contribution in [1.82, 2.24) is 5.32 Å². The maximum Gasteiger partial charge on any atom is 0.161 e. The molecule has 0 aromatic heterocycles. The standard InChI is InChI=1S/C14H18N4O2S/c1-19-11-5-9-3-4-18-14(7-15,8-21-13(16)17)10(9)6-12(11)20-2/h5-6,18H,3-4,8H2,1-2H3,(H3,16,17). The Bertz CT molecular complexity index is 599. The van der Waals surface area contributed by atoms with E-state index in [1.165, 1.54) is 0 Å². The van der Waals surface area contributed by atoms with Crippen LogP contribution < -0.4 is 20.5 Å². The van der Waals surface area contributed by atoms with E-state index in [4.69, 9.17) is 20.6 Å². The molecule has 0 spiro atoms. The molecule has 0 bridgehead atoms. The van der Waals surface area contributed by atoms with Gasteiger partial charge in [-0.25, -0.2) is 0 Å². The van der Waals surface area contributed by atoms with E-state index < -0.39 is 5.54 Å². The highest BCUT2D eigenvalue weighted by Gasteiger charge is 2.38. The molecule has 4 N–H and O–H groups in total. The number of nitrogens with one attached hydrogen (secondary N) is 2. The second kappa shape index (κ2) is 6.24. The molecule has 0 amide bonds. The molecule has 1 aromatic rings. The zero-order valence-corrected chi connectivity index (χ0v) is 12.8. The molecule has 1 aliphatic rings. The smallest absolute Gasteiger partial charge is 0.161 e. The Kier molecular flexibility index (Phi) is 4.60. The molecule has 0 saturated heterocycles. The highest BCUT2D eigenvalue weighted by atomic mass is 32.2. The lowest BCUT2D eigenvalue weighted by molar-refractivity contribution is 0.350. The quantitative estimate of drug-likeness (QED) is 0.570. The van der Waals surface area contributed by atoms with E-state index in [1.54, 1.807) is 14.2 Å². The molecule has 0 fully saturated rings. The first-order chi connectivity index (χ1) is 10.1. The van der Waals surface area contributed by atoms with E-state index in [1.807, 2.05) is 12.1 Å². The van der Waals surface area contributed by atoms with E-state index in [0.29, 0.717) is 23.8 Å². The van der Waals surface area contributed by atoms with E-state index in [-0.39, 0.29) is 5.17 Å². The normalized spacial score (nSPS) is 20.2. The Labute approximate surface area is 128 Å². The summed E-state index contributed by atoms with van der Waals surface area (Å²) in [5, 5.41) is 20.3. The van der Waals surface area contributed by atoms with Crippen molar-refractivity contribution in [3.63, 3.8) is 0 Å². The first kappa shape index (κ1) is 15.5. The van der Waals surface area contributed by atoms with Crippen LogP contribution in [0.25, 0.3) is 0 Å². The molecule has 6 nitrogen and oxygen atoms in total. The second-order valence-corrected chi connectivity index (χ2v) is 5.73. The fourth-order valence-electron chi connectivity index (χ4n) is 2.48. The van der Waals surface area contributed by atoms with Gasteiger partial charge in [0, 0.05) is 12.3 Å². The minimum atomic E-state index is -0.872. The molecular formula is C14H18N4O2S. The zero-order chi connectivity index (χ0) is 15.5. The summed E-state index contributed by atoms with van der Waals surface area (Å²) in [7, 11) is 3.16. The van der Waals surface area contributed by atoms with Gasteiger partial charge in [0.2, 0.25) is 0 Å². The van der Waals surface area contributed by atoms with Crippen molar-refractivity contribution in [2.45, 2.75) is 12.0 Å². The van der Waals surface area contributed by atoms with Crippen molar-refractivity contribution in [3.05, 3.63) is 23.3 Å². The number of rotatable bonds is 4. The Balaban J connectivity index is 2.50. The molecule has 1 aliphatic heterocycles. The molecule has 21 heavy (non-hydrogen) atoms. The molecule has 0 saturated carbocycles. The number of methoxy groups -OCH3 is 2. The Morgan fingerprint density at radius 2 is 2.14 bits per heavy atom. The molecule has 7 heteroatoms. The largest absolute Gasteiger partial charge is 0.493 e. The number of thioether (sulfide) groups is 1. The van der Waals surface area contributed by atoms with Crippen molar-refractivity contribution in [1.29, 1.82) is 10.7 Å². The lowest BCUT2D eigenvalue weighted by Crippen LogP contribution is -2.48. The predicted octanol–water partition coefficient (Wildman–Crippen LogP) is 1.20. The number of amidine groups is 1. The number of hydrogen-bond donors (Lipinski definition) is 3. The third-order valence-electron chi connectivity index (χ3n) is 3.53. The van der Waals surface area contributed by atoms with Gasteiger partial charge in [-0.2, -0.15) is 5.26 Å². The summed E-state index contributed by atoms with van der Waals surface area (Å²) in [5.41, 5.74) is 6.45. The van der Waals surface area contributed by atoms with Crippen molar-refractivity contribution in [2.24, 2.45) is 5.73 Å². The molecular weight excluding hydrogens is 288 g/mol. The highest BCUT2D eigenvalue weighted by Crippen LogP contribution is 2.38. The summed E-state index contributed by atoms with van der Waals surface area (Å²) < 4.78 is 10.6. The maximum absolute atomic E-state index is 9.68. The summed E-state index contributed by atoms with van der Waals surface area (Å²) in [6, 6.07) is 6.09. The van der Waals surface area contributed by atoms with Crippen molar-refractivity contribution in [2.75, 3.05) is 26.5 Å². The number of hydrogen-bond acceptors (Lipinski definition) is 6. The summed E-state index contributed by atoms with van der Waals surface area (Å²) in [5.74, 6) is 1.62. The number of nitrogens with zero attached hydrogens (tertiary/aromatic N) is 1. The van der Waals surface area contributed by atoms with Crippen LogP contribution >= 0.6 is 11.8 Å². The van der Waals surface area contributed by atoms with Gasteiger partial charge >= 0.3 is 0 Å². The minimum Gasteiger partial charge on any atom is -0.493 e. The van der Waals surface area contributed by atoms with Gasteiger partial charge in [0.05, 0.1) is 20.3 Å². The first-order valence-electron chi connectivity index (χ1n) is 6.45. The van der Waals surface area contributed by atoms with Gasteiger partial charge in [0.25, 0.3) is 0 Å². The van der Waals surface area contributed by atoms with Crippen LogP contribution in [0.5, 0.6) is 11.5 Å². The monoisotopic (exact) mass is 306 g/mol. The molecule has 112 valence electrons. The minimum absolute atomic E-state index is 0.000903. The fourth-order valence-corrected chi connectivity index (χ4v) is 3.17. The topological polar surface area (TPSA) is 104 Å². The summed E-state index contributed by atoms with van der Waals surface area (Å²) >= 11 is 1.15. The van der Waals surface area contributed by atoms with Crippen LogP contribution in [0.2, 0.25) is 0 Å². The maximum atomic E-state index is 9.68. The van der Waals surface area contributed by atoms with Gasteiger partial charge in [0.15, 0.2) is 16.7 Å². The number of fused-ring (bicyclic) bond motifs is 1. The molecule has 1 atom stereocenters. The first-order valence-corrected chi connectivity index (χ1v) is 7.43. The summed E-state index contributed by atoms with van der Waals surface area (Å²) in [6.45, 7) is 0.689. The fraction of sp³-hybridized carbons (Fsp3) is 0.429. The lowest BCUT2D eigenvalue weighted by Gasteiger charge is -2.34. The third kappa shape index (κ3) is 2.91. The third-order valence-corrected chi connectivity index (χ3v) is 4.41. The van der Waals surface area contributed by atoms with Gasteiger partial charge < -0.3 is 15.2 Å². The second-order valence-electron chi connectivity index (χ2n) is 4.71. The van der Waals surface area contributed by atoms with Gasteiger partial charge in [-0.05, 0) is 29.7 Å². The number of nitrogens with two attached hydrogens (primary N) is 1. The number of nitriles is 1. The molecule has 1 unspecified atom stereocenters. The van der Waals surface area contributed by atoms with E-state index in [0.717, 1.165) is 29.3 Å². The molecule has 0 radical (unpaired) electrons. The predicted molar refractivity (Wildman–Crippen MR) is 82.9 cm³/mol. The Morgan fingerprint density at radius 3 is 2.71 bits per heavy atom. The van der Waals surface area contributed by atoms with Crippen molar-refractivity contribution >= 4 is 16.9 Å². The van der Waals surface area contributed by atoms with Crippen LogP contribution in [0.1, 0.15) is 11.1 Å². The summed E-state index contributed by atoms with van der Waals surface area (Å²) in [4.78, 5) is 0. The average molecular weight is 306 g/mol. The van der Waals surface area contributed by atoms with E-state index in [2.05, 4.69) is 11.4 Å². The SMILES string of the molecule is COc1cc2c(cc1OC)C(C#N)(CSC(=N)N)NCC2. The number of benzene rings is 1. The Morgan fingerprint density at radius 1 is 1.48 bits per heavy atom. The average Bonchev–Trinajstić information content (AvgIpc) is 2.51.